The highest BCUT2D eigenvalue weighted by atomic mass is 16.3. The van der Waals surface area contributed by atoms with Gasteiger partial charge in [-0.2, -0.15) is 0 Å². The monoisotopic (exact) mass is 413 g/mol. The second kappa shape index (κ2) is 9.86. The lowest BCUT2D eigenvalue weighted by molar-refractivity contribution is 0.180. The van der Waals surface area contributed by atoms with Crippen molar-refractivity contribution in [2.45, 2.75) is 51.8 Å². The third kappa shape index (κ3) is 4.71. The Bertz CT molecular complexity index is 1100. The molecule has 0 spiro atoms. The Morgan fingerprint density at radius 1 is 1.13 bits per heavy atom. The molecule has 3 aromatic rings. The van der Waals surface area contributed by atoms with Crippen molar-refractivity contribution in [2.75, 3.05) is 13.6 Å². The molecule has 0 aliphatic rings. The number of aliphatic hydroxyl groups is 1. The second-order valence-corrected chi connectivity index (χ2v) is 7.77. The van der Waals surface area contributed by atoms with Crippen molar-refractivity contribution >= 4 is 11.2 Å². The first-order chi connectivity index (χ1) is 14.4. The average Bonchev–Trinajstić information content (AvgIpc) is 3.09. The molecule has 0 saturated carbocycles. The summed E-state index contributed by atoms with van der Waals surface area (Å²) in [4.78, 5) is 30.9. The minimum absolute atomic E-state index is 0.302. The number of aryl methyl sites for hydroxylation is 1. The van der Waals surface area contributed by atoms with E-state index in [-0.39, 0.29) is 17.4 Å². The first kappa shape index (κ1) is 22.0. The number of aliphatic hydroxyl groups excluding tert-OH is 1. The van der Waals surface area contributed by atoms with Gasteiger partial charge in [-0.1, -0.05) is 30.3 Å². The van der Waals surface area contributed by atoms with Crippen LogP contribution in [0.4, 0.5) is 0 Å². The molecule has 30 heavy (non-hydrogen) atoms. The molecule has 0 aliphatic heterocycles. The minimum atomic E-state index is -0.380. The molecular formula is C22H31N5O3. The maximum Gasteiger partial charge on any atom is 0.332 e. The molecule has 0 amide bonds. The highest BCUT2D eigenvalue weighted by Gasteiger charge is 2.20. The van der Waals surface area contributed by atoms with Crippen molar-refractivity contribution in [1.29, 1.82) is 0 Å². The first-order valence-corrected chi connectivity index (χ1v) is 10.5. The lowest BCUT2D eigenvalue weighted by atomic mass is 10.2. The van der Waals surface area contributed by atoms with E-state index >= 15 is 0 Å². The number of aromatic nitrogens is 4. The van der Waals surface area contributed by atoms with Gasteiger partial charge in [0.25, 0.3) is 5.56 Å². The normalized spacial score (nSPS) is 12.5. The highest BCUT2D eigenvalue weighted by molar-refractivity contribution is 5.71. The van der Waals surface area contributed by atoms with Gasteiger partial charge in [0.15, 0.2) is 11.2 Å². The maximum atomic E-state index is 13.4. The molecule has 2 aromatic heterocycles. The molecule has 0 aliphatic carbocycles. The number of hydrogen-bond acceptors (Lipinski definition) is 5. The molecule has 162 valence electrons. The standard InChI is InChI=1S/C22H31N5O3/c1-16(28)9-7-8-14-26-21(29)19-20(25(3)22(26)30)24-18(12-13-23-2)27(19)15-17-10-5-4-6-11-17/h4-6,10-11,16,23,28H,7-9,12-15H2,1-3H3/t16-/m0/s1. The van der Waals surface area contributed by atoms with Gasteiger partial charge in [0.1, 0.15) is 5.82 Å². The topological polar surface area (TPSA) is 94.1 Å². The molecular weight excluding hydrogens is 382 g/mol. The summed E-state index contributed by atoms with van der Waals surface area (Å²) >= 11 is 0. The SMILES string of the molecule is CNCCc1nc2c(c(=O)n(CCCC[C@H](C)O)c(=O)n2C)n1Cc1ccccc1. The Labute approximate surface area is 175 Å². The van der Waals surface area contributed by atoms with Gasteiger partial charge in [-0.25, -0.2) is 9.78 Å². The fourth-order valence-electron chi connectivity index (χ4n) is 3.69. The molecule has 0 bridgehead atoms. The summed E-state index contributed by atoms with van der Waals surface area (Å²) < 4.78 is 4.71. The minimum Gasteiger partial charge on any atom is -0.393 e. The number of nitrogens with one attached hydrogen (secondary N) is 1. The van der Waals surface area contributed by atoms with Crippen LogP contribution in [0, 0.1) is 0 Å². The number of unbranched alkanes of at least 4 members (excludes halogenated alkanes) is 1. The molecule has 0 unspecified atom stereocenters. The summed E-state index contributed by atoms with van der Waals surface area (Å²) in [5, 5.41) is 12.6. The Balaban J connectivity index is 2.09. The van der Waals surface area contributed by atoms with Crippen molar-refractivity contribution in [3.63, 3.8) is 0 Å². The molecule has 0 saturated heterocycles. The van der Waals surface area contributed by atoms with Crippen LogP contribution in [0.25, 0.3) is 11.2 Å². The zero-order valence-corrected chi connectivity index (χ0v) is 18.0. The molecule has 2 N–H and O–H groups in total. The van der Waals surface area contributed by atoms with Gasteiger partial charge < -0.3 is 15.0 Å². The molecule has 2 heterocycles. The lowest BCUT2D eigenvalue weighted by Gasteiger charge is -2.11. The predicted octanol–water partition coefficient (Wildman–Crippen LogP) is 1.26. The number of hydrogen-bond donors (Lipinski definition) is 2. The molecule has 1 aromatic carbocycles. The summed E-state index contributed by atoms with van der Waals surface area (Å²) in [6, 6.07) is 9.94. The van der Waals surface area contributed by atoms with Gasteiger partial charge in [-0.15, -0.1) is 0 Å². The number of likely N-dealkylation sites (N-methyl/N-ethyl adjacent to an activating group) is 1. The molecule has 0 fully saturated rings. The number of benzene rings is 1. The van der Waals surface area contributed by atoms with E-state index in [2.05, 4.69) is 10.3 Å². The van der Waals surface area contributed by atoms with E-state index in [0.717, 1.165) is 24.4 Å². The number of fused-ring (bicyclic) bond motifs is 1. The third-order valence-corrected chi connectivity index (χ3v) is 5.35. The van der Waals surface area contributed by atoms with Crippen molar-refractivity contribution in [3.8, 4) is 0 Å². The van der Waals surface area contributed by atoms with Crippen LogP contribution < -0.4 is 16.6 Å². The van der Waals surface area contributed by atoms with Crippen LogP contribution in [-0.2, 0) is 26.6 Å². The van der Waals surface area contributed by atoms with E-state index in [1.165, 1.54) is 9.13 Å². The second-order valence-electron chi connectivity index (χ2n) is 7.77. The van der Waals surface area contributed by atoms with Gasteiger partial charge in [0.05, 0.1) is 6.10 Å². The third-order valence-electron chi connectivity index (χ3n) is 5.35. The Morgan fingerprint density at radius 2 is 1.87 bits per heavy atom. The maximum absolute atomic E-state index is 13.4. The summed E-state index contributed by atoms with van der Waals surface area (Å²) in [6.07, 6.45) is 2.33. The Kier molecular flexibility index (Phi) is 7.23. The van der Waals surface area contributed by atoms with Crippen LogP contribution in [0.15, 0.2) is 39.9 Å². The van der Waals surface area contributed by atoms with E-state index in [9.17, 15) is 14.7 Å². The van der Waals surface area contributed by atoms with Crippen molar-refractivity contribution in [3.05, 3.63) is 62.6 Å². The highest BCUT2D eigenvalue weighted by Crippen LogP contribution is 2.15. The zero-order valence-electron chi connectivity index (χ0n) is 18.0. The van der Waals surface area contributed by atoms with Crippen LogP contribution in [0.5, 0.6) is 0 Å². The number of imidazole rings is 1. The Morgan fingerprint density at radius 3 is 2.53 bits per heavy atom. The van der Waals surface area contributed by atoms with Gasteiger partial charge in [-0.3, -0.25) is 13.9 Å². The number of nitrogens with zero attached hydrogens (tertiary/aromatic N) is 4. The molecule has 1 atom stereocenters. The van der Waals surface area contributed by atoms with Crippen LogP contribution >= 0.6 is 0 Å². The molecule has 0 radical (unpaired) electrons. The summed E-state index contributed by atoms with van der Waals surface area (Å²) in [7, 11) is 3.54. The quantitative estimate of drug-likeness (QED) is 0.488. The van der Waals surface area contributed by atoms with Gasteiger partial charge in [0.2, 0.25) is 0 Å². The van der Waals surface area contributed by atoms with E-state index < -0.39 is 0 Å². The summed E-state index contributed by atoms with van der Waals surface area (Å²) in [5.41, 5.74) is 1.30. The smallest absolute Gasteiger partial charge is 0.332 e. The molecule has 3 rings (SSSR count). The van der Waals surface area contributed by atoms with Crippen LogP contribution in [0.1, 0.15) is 37.6 Å². The van der Waals surface area contributed by atoms with Crippen LogP contribution in [-0.4, -0.2) is 43.5 Å². The number of rotatable bonds is 10. The Hall–Kier alpha value is -2.71. The van der Waals surface area contributed by atoms with Gasteiger partial charge in [-0.05, 0) is 38.8 Å². The van der Waals surface area contributed by atoms with Crippen molar-refractivity contribution in [2.24, 2.45) is 7.05 Å². The average molecular weight is 414 g/mol. The molecule has 8 nitrogen and oxygen atoms in total. The van der Waals surface area contributed by atoms with Crippen molar-refractivity contribution < 1.29 is 5.11 Å². The van der Waals surface area contributed by atoms with Crippen LogP contribution in [0.3, 0.4) is 0 Å². The van der Waals surface area contributed by atoms with Crippen LogP contribution in [0.2, 0.25) is 0 Å². The zero-order chi connectivity index (χ0) is 21.7. The van der Waals surface area contributed by atoms with Gasteiger partial charge in [0, 0.05) is 33.1 Å². The largest absolute Gasteiger partial charge is 0.393 e. The fourth-order valence-corrected chi connectivity index (χ4v) is 3.69. The van der Waals surface area contributed by atoms with Crippen molar-refractivity contribution in [1.82, 2.24) is 24.0 Å². The molecule has 8 heteroatoms. The van der Waals surface area contributed by atoms with E-state index in [1.54, 1.807) is 14.0 Å². The first-order valence-electron chi connectivity index (χ1n) is 10.5. The fraction of sp³-hybridized carbons (Fsp3) is 0.500. The van der Waals surface area contributed by atoms with E-state index in [1.807, 2.05) is 41.9 Å². The lowest BCUT2D eigenvalue weighted by Crippen LogP contribution is -2.39. The summed E-state index contributed by atoms with van der Waals surface area (Å²) in [5.74, 6) is 0.780. The van der Waals surface area contributed by atoms with E-state index in [0.29, 0.717) is 43.5 Å². The van der Waals surface area contributed by atoms with Gasteiger partial charge >= 0.3 is 5.69 Å². The summed E-state index contributed by atoms with van der Waals surface area (Å²) in [6.45, 7) is 3.31. The predicted molar refractivity (Wildman–Crippen MR) is 118 cm³/mol. The van der Waals surface area contributed by atoms with E-state index in [4.69, 9.17) is 0 Å².